The fourth-order valence-corrected chi connectivity index (χ4v) is 4.43. The van der Waals surface area contributed by atoms with Crippen LogP contribution in [0.3, 0.4) is 0 Å². The van der Waals surface area contributed by atoms with Crippen LogP contribution in [0, 0.1) is 18.3 Å². The summed E-state index contributed by atoms with van der Waals surface area (Å²) in [6.45, 7) is 1.82. The zero-order chi connectivity index (χ0) is 23.1. The van der Waals surface area contributed by atoms with Gasteiger partial charge >= 0.3 is 0 Å². The lowest BCUT2D eigenvalue weighted by atomic mass is 10.0. The maximum Gasteiger partial charge on any atom is 0.262 e. The number of nitrogens with one attached hydrogen (secondary N) is 1. The second kappa shape index (κ2) is 11.0. The van der Waals surface area contributed by atoms with Gasteiger partial charge in [0.05, 0.1) is 27.7 Å². The normalized spacial score (nSPS) is 10.9. The lowest BCUT2D eigenvalue weighted by Gasteiger charge is -2.12. The summed E-state index contributed by atoms with van der Waals surface area (Å²) in [5.74, 6) is 0.971. The van der Waals surface area contributed by atoms with Gasteiger partial charge in [0.2, 0.25) is 0 Å². The van der Waals surface area contributed by atoms with Gasteiger partial charge in [-0.2, -0.15) is 5.26 Å². The van der Waals surface area contributed by atoms with Gasteiger partial charge in [-0.1, -0.05) is 12.1 Å². The maximum atomic E-state index is 12.3. The number of carbonyl (C=O) groups excluding carboxylic acids is 1. The zero-order valence-electron chi connectivity index (χ0n) is 17.5. The van der Waals surface area contributed by atoms with Crippen LogP contribution in [0.15, 0.2) is 69.6 Å². The molecule has 0 aliphatic heterocycles. The lowest BCUT2D eigenvalue weighted by Crippen LogP contribution is -2.20. The number of halogens is 2. The Morgan fingerprint density at radius 2 is 1.78 bits per heavy atom. The molecular formula is C25H20Br2N2O3. The van der Waals surface area contributed by atoms with Crippen molar-refractivity contribution in [3.05, 3.63) is 86.3 Å². The van der Waals surface area contributed by atoms with E-state index in [2.05, 4.69) is 43.2 Å². The van der Waals surface area contributed by atoms with E-state index in [1.54, 1.807) is 13.2 Å². The number of allylic oxidation sites excluding steroid dienone is 1. The second-order valence-corrected chi connectivity index (χ2v) is 8.63. The maximum absolute atomic E-state index is 12.3. The van der Waals surface area contributed by atoms with Crippen LogP contribution in [-0.2, 0) is 4.79 Å². The molecule has 1 N–H and O–H groups in total. The van der Waals surface area contributed by atoms with Crippen molar-refractivity contribution in [1.29, 1.82) is 5.26 Å². The van der Waals surface area contributed by atoms with Crippen molar-refractivity contribution in [2.45, 2.75) is 6.92 Å². The number of carbonyl (C=O) groups is 1. The summed E-state index contributed by atoms with van der Waals surface area (Å²) in [5, 5.41) is 12.4. The minimum atomic E-state index is -0.260. The Morgan fingerprint density at radius 3 is 2.38 bits per heavy atom. The quantitative estimate of drug-likeness (QED) is 0.263. The Labute approximate surface area is 203 Å². The summed E-state index contributed by atoms with van der Waals surface area (Å²) in [7, 11) is 1.60. The first kappa shape index (κ1) is 23.6. The predicted molar refractivity (Wildman–Crippen MR) is 134 cm³/mol. The molecule has 1 amide bonds. The molecule has 7 heteroatoms. The largest absolute Gasteiger partial charge is 0.497 e. The third-order valence-electron chi connectivity index (χ3n) is 4.50. The third-order valence-corrected chi connectivity index (χ3v) is 5.68. The Kier molecular flexibility index (Phi) is 8.09. The van der Waals surface area contributed by atoms with Crippen molar-refractivity contribution in [1.82, 2.24) is 0 Å². The predicted octanol–water partition coefficient (Wildman–Crippen LogP) is 6.61. The number of hydrogen-bond donors (Lipinski definition) is 1. The molecule has 0 saturated heterocycles. The standard InChI is InChI=1S/C25H20Br2N2O3/c1-16-4-3-5-20(10-16)29-24(30)15-32-25-22(26)12-17(13-23(25)27)11-19(14-28)18-6-8-21(31-2)9-7-18/h3-13H,15H2,1-2H3,(H,29,30)/b19-11+. The molecule has 0 fully saturated rings. The summed E-state index contributed by atoms with van der Waals surface area (Å²) in [4.78, 5) is 12.3. The van der Waals surface area contributed by atoms with Gasteiger partial charge in [0, 0.05) is 5.69 Å². The zero-order valence-corrected chi connectivity index (χ0v) is 20.7. The molecule has 162 valence electrons. The topological polar surface area (TPSA) is 71.3 Å². The van der Waals surface area contributed by atoms with Crippen molar-refractivity contribution in [3.8, 4) is 17.6 Å². The van der Waals surface area contributed by atoms with Gasteiger partial charge in [0.15, 0.2) is 6.61 Å². The van der Waals surface area contributed by atoms with Gasteiger partial charge in [0.25, 0.3) is 5.91 Å². The number of benzene rings is 3. The molecule has 0 bridgehead atoms. The monoisotopic (exact) mass is 554 g/mol. The Bertz CT molecular complexity index is 1180. The van der Waals surface area contributed by atoms with Crippen LogP contribution in [0.25, 0.3) is 11.6 Å². The van der Waals surface area contributed by atoms with Crippen LogP contribution >= 0.6 is 31.9 Å². The first-order chi connectivity index (χ1) is 15.4. The molecule has 3 rings (SSSR count). The number of amides is 1. The van der Waals surface area contributed by atoms with E-state index >= 15 is 0 Å². The molecule has 3 aromatic carbocycles. The van der Waals surface area contributed by atoms with E-state index in [4.69, 9.17) is 9.47 Å². The Hall–Kier alpha value is -3.08. The molecular weight excluding hydrogens is 536 g/mol. The minimum absolute atomic E-state index is 0.143. The van der Waals surface area contributed by atoms with Gasteiger partial charge in [-0.05, 0) is 110 Å². The van der Waals surface area contributed by atoms with E-state index < -0.39 is 0 Å². The number of anilines is 1. The van der Waals surface area contributed by atoms with Gasteiger partial charge in [-0.3, -0.25) is 4.79 Å². The van der Waals surface area contributed by atoms with E-state index in [9.17, 15) is 10.1 Å². The Morgan fingerprint density at radius 1 is 1.09 bits per heavy atom. The fraction of sp³-hybridized carbons (Fsp3) is 0.120. The van der Waals surface area contributed by atoms with Crippen LogP contribution in [0.2, 0.25) is 0 Å². The van der Waals surface area contributed by atoms with E-state index in [0.717, 1.165) is 28.1 Å². The van der Waals surface area contributed by atoms with Crippen LogP contribution in [0.5, 0.6) is 11.5 Å². The van der Waals surface area contributed by atoms with Gasteiger partial charge in [0.1, 0.15) is 11.5 Å². The SMILES string of the molecule is COc1ccc(/C(C#N)=C/c2cc(Br)c(OCC(=O)Nc3cccc(C)c3)c(Br)c2)cc1. The molecule has 0 radical (unpaired) electrons. The number of nitrogens with zero attached hydrogens (tertiary/aromatic N) is 1. The molecule has 0 atom stereocenters. The highest BCUT2D eigenvalue weighted by molar-refractivity contribution is 9.11. The van der Waals surface area contributed by atoms with Gasteiger partial charge in [-0.15, -0.1) is 0 Å². The Balaban J connectivity index is 1.73. The lowest BCUT2D eigenvalue weighted by molar-refractivity contribution is -0.118. The molecule has 0 aromatic heterocycles. The molecule has 0 unspecified atom stereocenters. The van der Waals surface area contributed by atoms with E-state index in [1.807, 2.05) is 67.6 Å². The van der Waals surface area contributed by atoms with Crippen molar-refractivity contribution < 1.29 is 14.3 Å². The number of ether oxygens (including phenoxy) is 2. The molecule has 32 heavy (non-hydrogen) atoms. The van der Waals surface area contributed by atoms with Crippen LogP contribution < -0.4 is 14.8 Å². The number of rotatable bonds is 7. The van der Waals surface area contributed by atoms with Crippen molar-refractivity contribution in [2.75, 3.05) is 19.0 Å². The highest BCUT2D eigenvalue weighted by atomic mass is 79.9. The fourth-order valence-electron chi connectivity index (χ4n) is 2.98. The number of methoxy groups -OCH3 is 1. The number of nitriles is 1. The first-order valence-electron chi connectivity index (χ1n) is 9.64. The summed E-state index contributed by atoms with van der Waals surface area (Å²) in [5.41, 5.74) is 3.88. The molecule has 5 nitrogen and oxygen atoms in total. The van der Waals surface area contributed by atoms with E-state index in [0.29, 0.717) is 20.3 Å². The summed E-state index contributed by atoms with van der Waals surface area (Å²) in [6, 6.07) is 20.7. The molecule has 0 spiro atoms. The third kappa shape index (κ3) is 6.22. The highest BCUT2D eigenvalue weighted by Crippen LogP contribution is 2.36. The number of hydrogen-bond acceptors (Lipinski definition) is 4. The molecule has 3 aromatic rings. The van der Waals surface area contributed by atoms with Crippen molar-refractivity contribution >= 4 is 55.1 Å². The second-order valence-electron chi connectivity index (χ2n) is 6.92. The highest BCUT2D eigenvalue weighted by Gasteiger charge is 2.12. The summed E-state index contributed by atoms with van der Waals surface area (Å²) >= 11 is 6.99. The average Bonchev–Trinajstić information content (AvgIpc) is 2.77. The van der Waals surface area contributed by atoms with Gasteiger partial charge in [-0.25, -0.2) is 0 Å². The summed E-state index contributed by atoms with van der Waals surface area (Å²) in [6.07, 6.45) is 1.78. The van der Waals surface area contributed by atoms with Crippen LogP contribution in [0.4, 0.5) is 5.69 Å². The van der Waals surface area contributed by atoms with E-state index in [1.165, 1.54) is 0 Å². The van der Waals surface area contributed by atoms with Crippen LogP contribution in [-0.4, -0.2) is 19.6 Å². The van der Waals surface area contributed by atoms with Crippen molar-refractivity contribution in [2.24, 2.45) is 0 Å². The minimum Gasteiger partial charge on any atom is -0.497 e. The first-order valence-corrected chi connectivity index (χ1v) is 11.2. The molecule has 0 aliphatic carbocycles. The number of aryl methyl sites for hydroxylation is 1. The van der Waals surface area contributed by atoms with Crippen LogP contribution in [0.1, 0.15) is 16.7 Å². The smallest absolute Gasteiger partial charge is 0.262 e. The van der Waals surface area contributed by atoms with Crippen molar-refractivity contribution in [3.63, 3.8) is 0 Å². The molecule has 0 aliphatic rings. The molecule has 0 saturated carbocycles. The molecule has 0 heterocycles. The summed E-state index contributed by atoms with van der Waals surface area (Å²) < 4.78 is 12.2. The average molecular weight is 556 g/mol. The van der Waals surface area contributed by atoms with E-state index in [-0.39, 0.29) is 12.5 Å². The van der Waals surface area contributed by atoms with Gasteiger partial charge < -0.3 is 14.8 Å².